The molecule has 0 saturated heterocycles. The van der Waals surface area contributed by atoms with Crippen LogP contribution in [0, 0.1) is 5.82 Å². The minimum absolute atomic E-state index is 0.00168. The fourth-order valence-electron chi connectivity index (χ4n) is 16.2. The summed E-state index contributed by atoms with van der Waals surface area (Å²) >= 11 is 9.36. The standard InChI is InChI=1S/C25H26BrN3O2.C25H26ClN3O2.C25H26FN3O2.C25H27N3O3/c3*26-21-12-8-17(9-13-21)14-23(31)29-25-24(20-4-2-1-3-5-20)28-22(15-27-25)19-10-6-18(16-30)7-11-19;29-16-18-6-10-19(11-7-18)22-15-26-25(24(27-22)20-4-2-1-3-5-20)28-23(31)14-17-8-12-21(30)13-9-17/h3*6-13,15,20,30H,1-5,14,16H2,(H,27,29,31);6-13,15,20,29-30H,1-5,14,16H2,(H,26,28,31). The minimum atomic E-state index is -0.322. The van der Waals surface area contributed by atoms with Gasteiger partial charge < -0.3 is 46.8 Å². The number of anilines is 4. The van der Waals surface area contributed by atoms with Crippen LogP contribution in [0.1, 0.15) is 219 Å². The van der Waals surface area contributed by atoms with Crippen molar-refractivity contribution in [2.75, 3.05) is 21.3 Å². The molecule has 4 amide bonds. The Bertz CT molecular complexity index is 4800. The molecule has 4 aliphatic rings. The second kappa shape index (κ2) is 45.6. The van der Waals surface area contributed by atoms with Gasteiger partial charge in [0.25, 0.3) is 0 Å². The Balaban J connectivity index is 0.000000142. The van der Waals surface area contributed by atoms with E-state index in [1.165, 1.54) is 63.5 Å². The second-order valence-corrected chi connectivity index (χ2v) is 33.5. The lowest BCUT2D eigenvalue weighted by Crippen LogP contribution is -2.19. The first-order valence-corrected chi connectivity index (χ1v) is 44.1. The average Bonchev–Trinajstić information content (AvgIpc) is 0.819. The summed E-state index contributed by atoms with van der Waals surface area (Å²) in [6.07, 6.45) is 30.3. The summed E-state index contributed by atoms with van der Waals surface area (Å²) in [6.45, 7) is 0.0318. The van der Waals surface area contributed by atoms with E-state index < -0.39 is 0 Å². The Hall–Kier alpha value is -11.7. The van der Waals surface area contributed by atoms with Crippen molar-refractivity contribution in [1.82, 2.24) is 39.9 Å². The van der Waals surface area contributed by atoms with Crippen molar-refractivity contribution in [1.29, 1.82) is 0 Å². The summed E-state index contributed by atoms with van der Waals surface area (Å²) in [7, 11) is 0. The number of amides is 4. The van der Waals surface area contributed by atoms with Gasteiger partial charge in [-0.3, -0.25) is 19.2 Å². The highest BCUT2D eigenvalue weighted by molar-refractivity contribution is 9.10. The maximum atomic E-state index is 13.1. The summed E-state index contributed by atoms with van der Waals surface area (Å²) < 4.78 is 14.1. The topological polar surface area (TPSA) is 321 Å². The fraction of sp³-hybridized carbons (Fsp3) is 0.320. The maximum absolute atomic E-state index is 13.1. The number of hydrogen-bond acceptors (Lipinski definition) is 17. The Kier molecular flexibility index (Phi) is 33.1. The molecule has 640 valence electrons. The molecule has 124 heavy (non-hydrogen) atoms. The number of rotatable bonds is 24. The van der Waals surface area contributed by atoms with E-state index in [4.69, 9.17) is 31.5 Å². The Morgan fingerprint density at radius 3 is 0.774 bits per heavy atom. The molecule has 24 heteroatoms. The number of halogens is 3. The summed E-state index contributed by atoms with van der Waals surface area (Å²) in [6, 6.07) is 58.2. The predicted octanol–water partition coefficient (Wildman–Crippen LogP) is 20.7. The third-order valence-electron chi connectivity index (χ3n) is 23.1. The smallest absolute Gasteiger partial charge is 0.229 e. The third kappa shape index (κ3) is 26.2. The number of hydrogen-bond donors (Lipinski definition) is 9. The van der Waals surface area contributed by atoms with Crippen molar-refractivity contribution >= 4 is 74.4 Å². The number of carbonyl (C=O) groups excluding carboxylic acids is 4. The third-order valence-corrected chi connectivity index (χ3v) is 23.8. The molecular weight excluding hydrogens is 1650 g/mol. The first-order chi connectivity index (χ1) is 60.5. The quantitative estimate of drug-likeness (QED) is 0.0271. The van der Waals surface area contributed by atoms with Crippen LogP contribution in [0.3, 0.4) is 0 Å². The molecule has 0 spiro atoms. The van der Waals surface area contributed by atoms with Gasteiger partial charge in [-0.15, -0.1) is 0 Å². The maximum Gasteiger partial charge on any atom is 0.229 e. The van der Waals surface area contributed by atoms with Gasteiger partial charge in [0.15, 0.2) is 23.3 Å². The van der Waals surface area contributed by atoms with E-state index in [2.05, 4.69) is 57.1 Å². The molecule has 4 aromatic heterocycles. The number of nitrogens with one attached hydrogen (secondary N) is 4. The fourth-order valence-corrected chi connectivity index (χ4v) is 16.6. The van der Waals surface area contributed by atoms with Crippen LogP contribution in [-0.4, -0.2) is 89.0 Å². The van der Waals surface area contributed by atoms with Crippen molar-refractivity contribution in [2.24, 2.45) is 0 Å². The minimum Gasteiger partial charge on any atom is -0.508 e. The van der Waals surface area contributed by atoms with Crippen LogP contribution < -0.4 is 21.3 Å². The van der Waals surface area contributed by atoms with Gasteiger partial charge >= 0.3 is 0 Å². The number of aromatic hydroxyl groups is 1. The van der Waals surface area contributed by atoms with Crippen molar-refractivity contribution in [2.45, 2.75) is 204 Å². The van der Waals surface area contributed by atoms with Gasteiger partial charge in [0, 0.05) is 55.4 Å². The summed E-state index contributed by atoms with van der Waals surface area (Å²) in [4.78, 5) is 88.8. The van der Waals surface area contributed by atoms with Gasteiger partial charge in [0.05, 0.1) is 122 Å². The zero-order chi connectivity index (χ0) is 86.5. The lowest BCUT2D eigenvalue weighted by molar-refractivity contribution is -0.116. The molecule has 8 aromatic carbocycles. The number of carbonyl (C=O) groups is 4. The van der Waals surface area contributed by atoms with Gasteiger partial charge in [0.1, 0.15) is 11.6 Å². The van der Waals surface area contributed by atoms with E-state index in [1.54, 1.807) is 73.3 Å². The van der Waals surface area contributed by atoms with Crippen LogP contribution in [0.5, 0.6) is 5.75 Å². The van der Waals surface area contributed by atoms with Crippen LogP contribution in [0.15, 0.2) is 223 Å². The zero-order valence-electron chi connectivity index (χ0n) is 69.5. The lowest BCUT2D eigenvalue weighted by Gasteiger charge is -2.23. The van der Waals surface area contributed by atoms with Crippen LogP contribution in [-0.2, 0) is 71.3 Å². The lowest BCUT2D eigenvalue weighted by atomic mass is 9.86. The Morgan fingerprint density at radius 2 is 0.532 bits per heavy atom. The van der Waals surface area contributed by atoms with Crippen molar-refractivity contribution in [3.05, 3.63) is 302 Å². The Labute approximate surface area is 736 Å². The van der Waals surface area contributed by atoms with Crippen LogP contribution in [0.4, 0.5) is 27.7 Å². The van der Waals surface area contributed by atoms with Crippen molar-refractivity contribution in [3.63, 3.8) is 0 Å². The molecular formula is C100H105BrClFN12O9. The van der Waals surface area contributed by atoms with E-state index in [0.29, 0.717) is 46.6 Å². The molecule has 0 aliphatic heterocycles. The molecule has 4 aliphatic carbocycles. The molecule has 0 radical (unpaired) electrons. The van der Waals surface area contributed by atoms with Crippen LogP contribution >= 0.6 is 27.5 Å². The van der Waals surface area contributed by atoms with Crippen molar-refractivity contribution < 1.29 is 49.1 Å². The highest BCUT2D eigenvalue weighted by Crippen LogP contribution is 2.41. The molecule has 12 aromatic rings. The normalized spacial score (nSPS) is 14.4. The average molecular weight is 1750 g/mol. The SMILES string of the molecule is O=C(Cc1ccc(Br)cc1)Nc1ncc(-c2ccc(CO)cc2)nc1C1CCCCC1.O=C(Cc1ccc(Cl)cc1)Nc1ncc(-c2ccc(CO)cc2)nc1C1CCCCC1.O=C(Cc1ccc(F)cc1)Nc1ncc(-c2ccc(CO)cc2)nc1C1CCCCC1.O=C(Cc1ccc(O)cc1)Nc1ncc(-c2ccc(CO)cc2)nc1C1CCCCC1. The molecule has 9 N–H and O–H groups in total. The van der Waals surface area contributed by atoms with Crippen LogP contribution in [0.2, 0.25) is 5.02 Å². The largest absolute Gasteiger partial charge is 0.508 e. The molecule has 21 nitrogen and oxygen atoms in total. The molecule has 4 fully saturated rings. The van der Waals surface area contributed by atoms with Crippen molar-refractivity contribution in [3.8, 4) is 50.8 Å². The first-order valence-electron chi connectivity index (χ1n) is 43.0. The van der Waals surface area contributed by atoms with Crippen LogP contribution in [0.25, 0.3) is 45.0 Å². The molecule has 0 unspecified atom stereocenters. The number of aromatic nitrogens is 8. The van der Waals surface area contributed by atoms with Gasteiger partial charge in [0.2, 0.25) is 23.6 Å². The van der Waals surface area contributed by atoms with Gasteiger partial charge in [-0.1, -0.05) is 250 Å². The van der Waals surface area contributed by atoms with E-state index in [1.807, 2.05) is 133 Å². The number of aliphatic hydroxyl groups is 4. The van der Waals surface area contributed by atoms with E-state index >= 15 is 0 Å². The van der Waals surface area contributed by atoms with Gasteiger partial charge in [-0.05, 0) is 144 Å². The molecule has 16 rings (SSSR count). The molecule has 4 heterocycles. The number of aliphatic hydroxyl groups excluding tert-OH is 4. The predicted molar refractivity (Wildman–Crippen MR) is 486 cm³/mol. The monoisotopic (exact) mass is 1750 g/mol. The van der Waals surface area contributed by atoms with Gasteiger partial charge in [-0.2, -0.15) is 0 Å². The summed E-state index contributed by atoms with van der Waals surface area (Å²) in [5.74, 6) is 2.62. The summed E-state index contributed by atoms with van der Waals surface area (Å²) in [5, 5.41) is 59.1. The number of phenolic OH excluding ortho intramolecular Hbond substituents is 1. The number of benzene rings is 8. The van der Waals surface area contributed by atoms with E-state index in [9.17, 15) is 49.1 Å². The molecule has 0 atom stereocenters. The number of phenols is 1. The van der Waals surface area contributed by atoms with E-state index in [-0.39, 0.29) is 92.7 Å². The summed E-state index contributed by atoms with van der Waals surface area (Å²) in [5.41, 5.74) is 17.1. The van der Waals surface area contributed by atoms with Gasteiger partial charge in [-0.25, -0.2) is 44.3 Å². The highest BCUT2D eigenvalue weighted by atomic mass is 79.9. The molecule has 0 bridgehead atoms. The zero-order valence-corrected chi connectivity index (χ0v) is 71.8. The molecule has 4 saturated carbocycles. The first kappa shape index (κ1) is 90.0. The highest BCUT2D eigenvalue weighted by Gasteiger charge is 2.29. The van der Waals surface area contributed by atoms with E-state index in [0.717, 1.165) is 194 Å². The Morgan fingerprint density at radius 1 is 0.315 bits per heavy atom. The number of nitrogens with zero attached hydrogens (tertiary/aromatic N) is 8. The second-order valence-electron chi connectivity index (χ2n) is 32.2.